The maximum atomic E-state index is 11.5. The first-order chi connectivity index (χ1) is 6.84. The van der Waals surface area contributed by atoms with Crippen molar-refractivity contribution in [3.8, 4) is 0 Å². The van der Waals surface area contributed by atoms with Gasteiger partial charge in [0.2, 0.25) is 0 Å². The van der Waals surface area contributed by atoms with Crippen molar-refractivity contribution in [2.24, 2.45) is 11.8 Å². The molecule has 74 valence electrons. The molecule has 0 radical (unpaired) electrons. The van der Waals surface area contributed by atoms with Crippen LogP contribution in [0.1, 0.15) is 37.3 Å². The molecule has 3 aliphatic carbocycles. The number of rotatable bonds is 1. The van der Waals surface area contributed by atoms with E-state index in [-0.39, 0.29) is 0 Å². The standard InChI is InChI=1S/C11H14N2O/c14-11-4-7-1-2-8(11)3-9(7)10-5-12-6-13-10/h5-9H,1-4H2,(H,12,13)/t7-,8-,9-/m1/s1. The Morgan fingerprint density at radius 1 is 1.43 bits per heavy atom. The maximum absolute atomic E-state index is 11.5. The Morgan fingerprint density at radius 2 is 2.36 bits per heavy atom. The van der Waals surface area contributed by atoms with Crippen molar-refractivity contribution in [3.05, 3.63) is 18.2 Å². The summed E-state index contributed by atoms with van der Waals surface area (Å²) in [6.07, 6.45) is 7.84. The minimum Gasteiger partial charge on any atom is -0.348 e. The van der Waals surface area contributed by atoms with Gasteiger partial charge in [-0.1, -0.05) is 0 Å². The van der Waals surface area contributed by atoms with Crippen molar-refractivity contribution >= 4 is 5.78 Å². The van der Waals surface area contributed by atoms with E-state index in [0.717, 1.165) is 19.3 Å². The van der Waals surface area contributed by atoms with E-state index >= 15 is 0 Å². The Labute approximate surface area is 82.9 Å². The molecule has 4 rings (SSSR count). The van der Waals surface area contributed by atoms with E-state index in [0.29, 0.717) is 23.5 Å². The summed E-state index contributed by atoms with van der Waals surface area (Å²) in [6, 6.07) is 0. The molecule has 3 atom stereocenters. The minimum absolute atomic E-state index is 0.341. The number of carbonyl (C=O) groups excluding carboxylic acids is 1. The van der Waals surface area contributed by atoms with Crippen LogP contribution in [-0.4, -0.2) is 15.8 Å². The summed E-state index contributed by atoms with van der Waals surface area (Å²) in [4.78, 5) is 18.8. The van der Waals surface area contributed by atoms with E-state index in [1.165, 1.54) is 12.1 Å². The van der Waals surface area contributed by atoms with Crippen molar-refractivity contribution in [1.29, 1.82) is 0 Å². The quantitative estimate of drug-likeness (QED) is 0.735. The van der Waals surface area contributed by atoms with E-state index in [1.54, 1.807) is 6.33 Å². The smallest absolute Gasteiger partial charge is 0.136 e. The first kappa shape index (κ1) is 8.21. The number of imidazole rings is 1. The number of aromatic nitrogens is 2. The molecule has 0 saturated heterocycles. The lowest BCUT2D eigenvalue weighted by molar-refractivity contribution is -0.129. The monoisotopic (exact) mass is 190 g/mol. The largest absolute Gasteiger partial charge is 0.348 e. The average molecular weight is 190 g/mol. The van der Waals surface area contributed by atoms with Crippen LogP contribution in [0.3, 0.4) is 0 Å². The summed E-state index contributed by atoms with van der Waals surface area (Å²) in [5.74, 6) is 1.98. The molecule has 3 aliphatic rings. The van der Waals surface area contributed by atoms with Crippen LogP contribution >= 0.6 is 0 Å². The first-order valence-electron chi connectivity index (χ1n) is 5.35. The minimum atomic E-state index is 0.341. The molecule has 0 unspecified atom stereocenters. The Kier molecular flexibility index (Phi) is 1.72. The topological polar surface area (TPSA) is 45.8 Å². The van der Waals surface area contributed by atoms with Gasteiger partial charge in [-0.2, -0.15) is 0 Å². The summed E-state index contributed by atoms with van der Waals surface area (Å²) in [5, 5.41) is 0. The Bertz CT molecular complexity index is 344. The number of hydrogen-bond acceptors (Lipinski definition) is 2. The molecular formula is C11H14N2O. The highest BCUT2D eigenvalue weighted by atomic mass is 16.1. The molecule has 1 N–H and O–H groups in total. The fraction of sp³-hybridized carbons (Fsp3) is 0.636. The summed E-state index contributed by atoms with van der Waals surface area (Å²) in [5.41, 5.74) is 1.23. The summed E-state index contributed by atoms with van der Waals surface area (Å²) >= 11 is 0. The molecule has 3 heteroatoms. The SMILES string of the molecule is O=C1C[C@H]2CC[C@@H]1C[C@H]2c1cnc[nH]1. The maximum Gasteiger partial charge on any atom is 0.136 e. The van der Waals surface area contributed by atoms with Gasteiger partial charge in [-0.3, -0.25) is 4.79 Å². The molecule has 3 fully saturated rings. The van der Waals surface area contributed by atoms with Gasteiger partial charge in [0, 0.05) is 30.1 Å². The molecule has 0 spiro atoms. The zero-order chi connectivity index (χ0) is 9.54. The third-order valence-electron chi connectivity index (χ3n) is 3.83. The molecule has 3 nitrogen and oxygen atoms in total. The van der Waals surface area contributed by atoms with E-state index in [2.05, 4.69) is 9.97 Å². The number of nitrogens with one attached hydrogen (secondary N) is 1. The van der Waals surface area contributed by atoms with E-state index in [9.17, 15) is 4.79 Å². The molecule has 14 heavy (non-hydrogen) atoms. The molecule has 1 aromatic heterocycles. The average Bonchev–Trinajstić information content (AvgIpc) is 2.71. The highest BCUT2D eigenvalue weighted by Crippen LogP contribution is 2.47. The van der Waals surface area contributed by atoms with E-state index < -0.39 is 0 Å². The van der Waals surface area contributed by atoms with Gasteiger partial charge in [0.15, 0.2) is 0 Å². The van der Waals surface area contributed by atoms with Gasteiger partial charge in [-0.05, 0) is 25.2 Å². The highest BCUT2D eigenvalue weighted by Gasteiger charge is 2.41. The van der Waals surface area contributed by atoms with Gasteiger partial charge < -0.3 is 4.98 Å². The Balaban J connectivity index is 1.88. The van der Waals surface area contributed by atoms with Gasteiger partial charge in [0.1, 0.15) is 5.78 Å². The van der Waals surface area contributed by atoms with Crippen LogP contribution in [0.5, 0.6) is 0 Å². The van der Waals surface area contributed by atoms with Crippen molar-refractivity contribution in [2.75, 3.05) is 0 Å². The second-order valence-electron chi connectivity index (χ2n) is 4.55. The number of H-pyrrole nitrogens is 1. The molecule has 1 aromatic rings. The lowest BCUT2D eigenvalue weighted by atomic mass is 9.63. The van der Waals surface area contributed by atoms with Gasteiger partial charge in [-0.25, -0.2) is 4.98 Å². The second kappa shape index (κ2) is 2.94. The second-order valence-corrected chi connectivity index (χ2v) is 4.55. The highest BCUT2D eigenvalue weighted by molar-refractivity contribution is 5.83. The molecule has 0 amide bonds. The lowest BCUT2D eigenvalue weighted by Gasteiger charge is -2.40. The van der Waals surface area contributed by atoms with Crippen LogP contribution in [0.15, 0.2) is 12.5 Å². The number of fused-ring (bicyclic) bond motifs is 3. The third kappa shape index (κ3) is 1.11. The van der Waals surface area contributed by atoms with E-state index in [4.69, 9.17) is 0 Å². The third-order valence-corrected chi connectivity index (χ3v) is 3.83. The van der Waals surface area contributed by atoms with E-state index in [1.807, 2.05) is 6.20 Å². The number of nitrogens with zero attached hydrogens (tertiary/aromatic N) is 1. The Hall–Kier alpha value is -1.12. The van der Waals surface area contributed by atoms with Crippen molar-refractivity contribution in [3.63, 3.8) is 0 Å². The fourth-order valence-corrected chi connectivity index (χ4v) is 3.05. The first-order valence-corrected chi connectivity index (χ1v) is 5.35. The number of ketones is 1. The predicted octanol–water partition coefficient (Wildman–Crippen LogP) is 1.88. The van der Waals surface area contributed by atoms with Gasteiger partial charge in [0.05, 0.1) is 6.33 Å². The number of carbonyl (C=O) groups is 1. The fourth-order valence-electron chi connectivity index (χ4n) is 3.05. The van der Waals surface area contributed by atoms with Crippen molar-refractivity contribution in [2.45, 2.75) is 31.6 Å². The predicted molar refractivity (Wildman–Crippen MR) is 51.8 cm³/mol. The number of aromatic amines is 1. The lowest BCUT2D eigenvalue weighted by Crippen LogP contribution is -2.36. The number of hydrogen-bond donors (Lipinski definition) is 1. The molecule has 0 aliphatic heterocycles. The van der Waals surface area contributed by atoms with Crippen molar-refractivity contribution in [1.82, 2.24) is 9.97 Å². The van der Waals surface area contributed by atoms with Gasteiger partial charge in [-0.15, -0.1) is 0 Å². The summed E-state index contributed by atoms with van der Waals surface area (Å²) in [6.45, 7) is 0. The molecule has 1 heterocycles. The van der Waals surface area contributed by atoms with Crippen LogP contribution < -0.4 is 0 Å². The van der Waals surface area contributed by atoms with Crippen molar-refractivity contribution < 1.29 is 4.79 Å². The zero-order valence-electron chi connectivity index (χ0n) is 8.07. The Morgan fingerprint density at radius 3 is 2.93 bits per heavy atom. The van der Waals surface area contributed by atoms with Crippen LogP contribution in [0.4, 0.5) is 0 Å². The van der Waals surface area contributed by atoms with Crippen LogP contribution in [-0.2, 0) is 4.79 Å². The van der Waals surface area contributed by atoms with Gasteiger partial charge >= 0.3 is 0 Å². The molecular weight excluding hydrogens is 176 g/mol. The summed E-state index contributed by atoms with van der Waals surface area (Å²) in [7, 11) is 0. The van der Waals surface area contributed by atoms with Crippen LogP contribution in [0.25, 0.3) is 0 Å². The molecule has 2 bridgehead atoms. The normalized spacial score (nSPS) is 36.3. The van der Waals surface area contributed by atoms with Gasteiger partial charge in [0.25, 0.3) is 0 Å². The number of Topliss-reactive ketones (excluding diaryl/α,β-unsaturated/α-hetero) is 1. The van der Waals surface area contributed by atoms with Crippen LogP contribution in [0.2, 0.25) is 0 Å². The molecule has 3 saturated carbocycles. The zero-order valence-corrected chi connectivity index (χ0v) is 8.07. The van der Waals surface area contributed by atoms with Crippen LogP contribution in [0, 0.1) is 11.8 Å². The summed E-state index contributed by atoms with van der Waals surface area (Å²) < 4.78 is 0. The molecule has 0 aromatic carbocycles.